The Kier molecular flexibility index (Phi) is 5.13. The van der Waals surface area contributed by atoms with Gasteiger partial charge in [0.05, 0.1) is 5.41 Å². The third-order valence-electron chi connectivity index (χ3n) is 3.00. The first-order valence-electron chi connectivity index (χ1n) is 6.43. The topological polar surface area (TPSA) is 75.6 Å². The summed E-state index contributed by atoms with van der Waals surface area (Å²) in [4.78, 5) is 22.4. The summed E-state index contributed by atoms with van der Waals surface area (Å²) in [6.45, 7) is 7.13. The minimum Gasteiger partial charge on any atom is -0.492 e. The van der Waals surface area contributed by atoms with Gasteiger partial charge >= 0.3 is 5.97 Å². The van der Waals surface area contributed by atoms with Crippen LogP contribution in [0.15, 0.2) is 18.2 Å². The largest absolute Gasteiger partial charge is 0.492 e. The molecule has 0 spiro atoms. The number of benzene rings is 1. The zero-order chi connectivity index (χ0) is 15.3. The van der Waals surface area contributed by atoms with Crippen LogP contribution in [0.1, 0.15) is 25.0 Å². The predicted octanol–water partition coefficient (Wildman–Crippen LogP) is 1.91. The maximum absolute atomic E-state index is 11.9. The molecule has 2 N–H and O–H groups in total. The number of rotatable bonds is 6. The number of ether oxygens (including phenoxy) is 1. The Morgan fingerprint density at radius 2 is 1.80 bits per heavy atom. The number of nitrogens with one attached hydrogen (secondary N) is 1. The van der Waals surface area contributed by atoms with Crippen molar-refractivity contribution in [2.75, 3.05) is 13.2 Å². The Balaban J connectivity index is 2.67. The van der Waals surface area contributed by atoms with Gasteiger partial charge in [0.25, 0.3) is 0 Å². The third-order valence-corrected chi connectivity index (χ3v) is 3.00. The number of aliphatic carboxylic acids is 1. The molecular weight excluding hydrogens is 258 g/mol. The molecule has 1 aromatic carbocycles. The van der Waals surface area contributed by atoms with Crippen LogP contribution in [-0.2, 0) is 9.59 Å². The Morgan fingerprint density at radius 3 is 2.30 bits per heavy atom. The molecule has 20 heavy (non-hydrogen) atoms. The van der Waals surface area contributed by atoms with Crippen LogP contribution in [0.2, 0.25) is 0 Å². The molecule has 110 valence electrons. The van der Waals surface area contributed by atoms with Crippen LogP contribution in [0.4, 0.5) is 0 Å². The van der Waals surface area contributed by atoms with Crippen molar-refractivity contribution >= 4 is 11.9 Å². The first-order chi connectivity index (χ1) is 9.24. The molecule has 0 aromatic heterocycles. The molecule has 0 heterocycles. The van der Waals surface area contributed by atoms with Gasteiger partial charge in [0.1, 0.15) is 18.9 Å². The Morgan fingerprint density at radius 1 is 1.25 bits per heavy atom. The van der Waals surface area contributed by atoms with Gasteiger partial charge in [0.15, 0.2) is 0 Å². The van der Waals surface area contributed by atoms with Crippen LogP contribution >= 0.6 is 0 Å². The average Bonchev–Trinajstić information content (AvgIpc) is 2.35. The molecule has 0 aliphatic carbocycles. The molecule has 0 fully saturated rings. The average molecular weight is 279 g/mol. The van der Waals surface area contributed by atoms with Crippen LogP contribution in [-0.4, -0.2) is 30.1 Å². The van der Waals surface area contributed by atoms with Gasteiger partial charge in [0, 0.05) is 0 Å². The number of carbonyl (C=O) groups is 2. The lowest BCUT2D eigenvalue weighted by molar-refractivity contribution is -0.140. The summed E-state index contributed by atoms with van der Waals surface area (Å²) >= 11 is 0. The van der Waals surface area contributed by atoms with E-state index in [9.17, 15) is 9.59 Å². The highest BCUT2D eigenvalue weighted by molar-refractivity contribution is 5.85. The van der Waals surface area contributed by atoms with Gasteiger partial charge in [-0.05, 0) is 38.8 Å². The summed E-state index contributed by atoms with van der Waals surface area (Å²) in [6, 6.07) is 5.84. The van der Waals surface area contributed by atoms with Gasteiger partial charge in [-0.3, -0.25) is 9.59 Å². The number of hydrogen-bond acceptors (Lipinski definition) is 3. The van der Waals surface area contributed by atoms with Crippen LogP contribution in [0.3, 0.4) is 0 Å². The SMILES string of the molecule is Cc1cccc(C)c1OCC(C)(C)C(=O)NCC(=O)O. The third kappa shape index (κ3) is 4.26. The fourth-order valence-corrected chi connectivity index (χ4v) is 1.74. The van der Waals surface area contributed by atoms with Crippen LogP contribution in [0, 0.1) is 19.3 Å². The van der Waals surface area contributed by atoms with Gasteiger partial charge < -0.3 is 15.2 Å². The lowest BCUT2D eigenvalue weighted by atomic mass is 9.93. The molecular formula is C15H21NO4. The Labute approximate surface area is 118 Å². The maximum Gasteiger partial charge on any atom is 0.322 e. The Bertz CT molecular complexity index is 488. The van der Waals surface area contributed by atoms with E-state index in [0.29, 0.717) is 0 Å². The zero-order valence-electron chi connectivity index (χ0n) is 12.3. The van der Waals surface area contributed by atoms with Crippen molar-refractivity contribution in [2.24, 2.45) is 5.41 Å². The monoisotopic (exact) mass is 279 g/mol. The van der Waals surface area contributed by atoms with Crippen molar-refractivity contribution in [2.45, 2.75) is 27.7 Å². The molecule has 0 saturated heterocycles. The van der Waals surface area contributed by atoms with Gasteiger partial charge in [-0.15, -0.1) is 0 Å². The molecule has 1 amide bonds. The summed E-state index contributed by atoms with van der Waals surface area (Å²) in [6.07, 6.45) is 0. The van der Waals surface area contributed by atoms with Crippen molar-refractivity contribution in [1.82, 2.24) is 5.32 Å². The van der Waals surface area contributed by atoms with Crippen molar-refractivity contribution < 1.29 is 19.4 Å². The minimum absolute atomic E-state index is 0.185. The van der Waals surface area contributed by atoms with E-state index in [2.05, 4.69) is 5.32 Å². The highest BCUT2D eigenvalue weighted by Crippen LogP contribution is 2.25. The van der Waals surface area contributed by atoms with E-state index >= 15 is 0 Å². The van der Waals surface area contributed by atoms with Gasteiger partial charge in [-0.2, -0.15) is 0 Å². The molecule has 0 unspecified atom stereocenters. The van der Waals surface area contributed by atoms with E-state index in [-0.39, 0.29) is 19.1 Å². The molecule has 5 nitrogen and oxygen atoms in total. The van der Waals surface area contributed by atoms with Crippen LogP contribution < -0.4 is 10.1 Å². The van der Waals surface area contributed by atoms with E-state index in [1.807, 2.05) is 32.0 Å². The fraction of sp³-hybridized carbons (Fsp3) is 0.467. The number of aryl methyl sites for hydroxylation is 2. The standard InChI is InChI=1S/C15H21NO4/c1-10-6-5-7-11(2)13(10)20-9-15(3,4)14(19)16-8-12(17)18/h5-7H,8-9H2,1-4H3,(H,16,19)(H,17,18). The molecule has 0 aliphatic rings. The highest BCUT2D eigenvalue weighted by atomic mass is 16.5. The minimum atomic E-state index is -1.06. The van der Waals surface area contributed by atoms with Crippen molar-refractivity contribution in [3.8, 4) is 5.75 Å². The van der Waals surface area contributed by atoms with Gasteiger partial charge in [-0.25, -0.2) is 0 Å². The van der Waals surface area contributed by atoms with Crippen LogP contribution in [0.5, 0.6) is 5.75 Å². The molecule has 1 rings (SSSR count). The number of carboxylic acids is 1. The predicted molar refractivity (Wildman–Crippen MR) is 75.8 cm³/mol. The quantitative estimate of drug-likeness (QED) is 0.834. The molecule has 1 aromatic rings. The lowest BCUT2D eigenvalue weighted by Crippen LogP contribution is -2.42. The summed E-state index contributed by atoms with van der Waals surface area (Å²) < 4.78 is 5.75. The van der Waals surface area contributed by atoms with Gasteiger partial charge in [-0.1, -0.05) is 18.2 Å². The summed E-state index contributed by atoms with van der Waals surface area (Å²) in [5.41, 5.74) is 1.21. The van der Waals surface area contributed by atoms with E-state index in [1.165, 1.54) is 0 Å². The second kappa shape index (κ2) is 6.41. The lowest BCUT2D eigenvalue weighted by Gasteiger charge is -2.24. The van der Waals surface area contributed by atoms with Crippen LogP contribution in [0.25, 0.3) is 0 Å². The first kappa shape index (κ1) is 16.0. The maximum atomic E-state index is 11.9. The second-order valence-corrected chi connectivity index (χ2v) is 5.47. The van der Waals surface area contributed by atoms with E-state index < -0.39 is 11.4 Å². The van der Waals surface area contributed by atoms with E-state index in [4.69, 9.17) is 9.84 Å². The molecule has 0 aliphatic heterocycles. The van der Waals surface area contributed by atoms with Crippen molar-refractivity contribution in [3.05, 3.63) is 29.3 Å². The van der Waals surface area contributed by atoms with Gasteiger partial charge in [0.2, 0.25) is 5.91 Å². The first-order valence-corrected chi connectivity index (χ1v) is 6.43. The Hall–Kier alpha value is -2.04. The van der Waals surface area contributed by atoms with E-state index in [1.54, 1.807) is 13.8 Å². The number of hydrogen-bond donors (Lipinski definition) is 2. The number of carbonyl (C=O) groups excluding carboxylic acids is 1. The summed E-state index contributed by atoms with van der Waals surface area (Å²) in [5, 5.41) is 10.9. The normalized spacial score (nSPS) is 11.0. The highest BCUT2D eigenvalue weighted by Gasteiger charge is 2.29. The molecule has 0 bridgehead atoms. The molecule has 0 radical (unpaired) electrons. The van der Waals surface area contributed by atoms with Crippen molar-refractivity contribution in [3.63, 3.8) is 0 Å². The molecule has 0 saturated carbocycles. The number of amides is 1. The number of para-hydroxylation sites is 1. The van der Waals surface area contributed by atoms with E-state index in [0.717, 1.165) is 16.9 Å². The molecule has 5 heteroatoms. The number of carboxylic acid groups (broad SMARTS) is 1. The summed E-state index contributed by atoms with van der Waals surface area (Å²) in [7, 11) is 0. The summed E-state index contributed by atoms with van der Waals surface area (Å²) in [5.74, 6) is -0.637. The molecule has 0 atom stereocenters. The zero-order valence-corrected chi connectivity index (χ0v) is 12.3. The fourth-order valence-electron chi connectivity index (χ4n) is 1.74. The van der Waals surface area contributed by atoms with Crippen molar-refractivity contribution in [1.29, 1.82) is 0 Å². The second-order valence-electron chi connectivity index (χ2n) is 5.47. The smallest absolute Gasteiger partial charge is 0.322 e.